The van der Waals surface area contributed by atoms with Crippen molar-refractivity contribution in [3.8, 4) is 11.5 Å². The van der Waals surface area contributed by atoms with Crippen LogP contribution in [0.25, 0.3) is 23.7 Å². The third-order valence-corrected chi connectivity index (χ3v) is 3.17. The number of carbonyl (C=O) groups is 1. The highest BCUT2D eigenvalue weighted by Crippen LogP contribution is 2.18. The van der Waals surface area contributed by atoms with Crippen molar-refractivity contribution in [2.45, 2.75) is 0 Å². The molecule has 2 heterocycles. The molecule has 3 rings (SSSR count). The molecule has 5 heteroatoms. The van der Waals surface area contributed by atoms with Gasteiger partial charge in [-0.3, -0.25) is 4.98 Å². The van der Waals surface area contributed by atoms with Crippen LogP contribution in [0.5, 0.6) is 0 Å². The molecule has 1 N–H and O–H groups in total. The number of benzene rings is 1. The molecule has 0 radical (unpaired) electrons. The van der Waals surface area contributed by atoms with Crippen molar-refractivity contribution in [3.05, 3.63) is 77.7 Å². The minimum atomic E-state index is -1.05. The molecule has 0 amide bonds. The summed E-state index contributed by atoms with van der Waals surface area (Å²) in [7, 11) is 0. The number of rotatable bonds is 4. The Morgan fingerprint density at radius 3 is 2.52 bits per heavy atom. The standard InChI is InChI=1S/C18H13N3O2/c22-18(23)15-7-4-11-19-16(15)17-20-12-10-14(21-17)9-8-13-5-2-1-3-6-13/h1-12H,(H,22,23)/b9-8+. The summed E-state index contributed by atoms with van der Waals surface area (Å²) in [6, 6.07) is 14.7. The van der Waals surface area contributed by atoms with Crippen LogP contribution in [0.3, 0.4) is 0 Å². The van der Waals surface area contributed by atoms with E-state index in [0.29, 0.717) is 11.5 Å². The summed E-state index contributed by atoms with van der Waals surface area (Å²) in [5.74, 6) is -0.764. The molecule has 23 heavy (non-hydrogen) atoms. The van der Waals surface area contributed by atoms with E-state index in [4.69, 9.17) is 0 Å². The van der Waals surface area contributed by atoms with Crippen LogP contribution in [0.4, 0.5) is 0 Å². The van der Waals surface area contributed by atoms with Gasteiger partial charge in [0.1, 0.15) is 5.69 Å². The molecule has 0 aliphatic rings. The molecular weight excluding hydrogens is 290 g/mol. The third-order valence-electron chi connectivity index (χ3n) is 3.17. The van der Waals surface area contributed by atoms with E-state index in [-0.39, 0.29) is 11.3 Å². The van der Waals surface area contributed by atoms with E-state index in [1.807, 2.05) is 42.5 Å². The Morgan fingerprint density at radius 1 is 0.913 bits per heavy atom. The summed E-state index contributed by atoms with van der Waals surface area (Å²) in [6.07, 6.45) is 6.90. The van der Waals surface area contributed by atoms with Crippen molar-refractivity contribution in [1.29, 1.82) is 0 Å². The molecule has 0 saturated carbocycles. The highest BCUT2D eigenvalue weighted by atomic mass is 16.4. The molecule has 0 bridgehead atoms. The number of pyridine rings is 1. The lowest BCUT2D eigenvalue weighted by Gasteiger charge is -2.03. The smallest absolute Gasteiger partial charge is 0.338 e. The predicted octanol–water partition coefficient (Wildman–Crippen LogP) is 3.41. The number of aromatic nitrogens is 3. The lowest BCUT2D eigenvalue weighted by molar-refractivity contribution is 0.0697. The lowest BCUT2D eigenvalue weighted by atomic mass is 10.1. The van der Waals surface area contributed by atoms with Gasteiger partial charge in [0.25, 0.3) is 0 Å². The highest BCUT2D eigenvalue weighted by Gasteiger charge is 2.14. The van der Waals surface area contributed by atoms with Crippen molar-refractivity contribution in [1.82, 2.24) is 15.0 Å². The van der Waals surface area contributed by atoms with Gasteiger partial charge in [0.05, 0.1) is 11.3 Å². The summed E-state index contributed by atoms with van der Waals surface area (Å²) < 4.78 is 0. The minimum Gasteiger partial charge on any atom is -0.478 e. The first-order chi connectivity index (χ1) is 11.2. The average Bonchev–Trinajstić information content (AvgIpc) is 2.61. The minimum absolute atomic E-state index is 0.0803. The SMILES string of the molecule is O=C(O)c1cccnc1-c1nccc(/C=C/c2ccccc2)n1. The van der Waals surface area contributed by atoms with E-state index in [1.165, 1.54) is 12.3 Å². The molecule has 0 atom stereocenters. The zero-order valence-corrected chi connectivity index (χ0v) is 12.1. The summed E-state index contributed by atoms with van der Waals surface area (Å²) in [5.41, 5.74) is 2.07. The lowest BCUT2D eigenvalue weighted by Crippen LogP contribution is -2.03. The highest BCUT2D eigenvalue weighted by molar-refractivity contribution is 5.93. The second-order valence-electron chi connectivity index (χ2n) is 4.75. The van der Waals surface area contributed by atoms with Gasteiger partial charge >= 0.3 is 5.97 Å². The zero-order chi connectivity index (χ0) is 16.1. The maximum atomic E-state index is 11.3. The molecule has 0 saturated heterocycles. The van der Waals surface area contributed by atoms with Gasteiger partial charge in [-0.15, -0.1) is 0 Å². The molecule has 2 aromatic heterocycles. The van der Waals surface area contributed by atoms with E-state index in [9.17, 15) is 9.90 Å². The number of carboxylic acid groups (broad SMARTS) is 1. The molecule has 0 fully saturated rings. The first-order valence-electron chi connectivity index (χ1n) is 6.99. The summed E-state index contributed by atoms with van der Waals surface area (Å²) in [5, 5.41) is 9.24. The maximum absolute atomic E-state index is 11.3. The van der Waals surface area contributed by atoms with E-state index in [2.05, 4.69) is 15.0 Å². The molecular formula is C18H13N3O2. The molecule has 1 aromatic carbocycles. The fourth-order valence-corrected chi connectivity index (χ4v) is 2.08. The molecule has 0 unspecified atom stereocenters. The van der Waals surface area contributed by atoms with Crippen molar-refractivity contribution < 1.29 is 9.90 Å². The maximum Gasteiger partial charge on any atom is 0.338 e. The van der Waals surface area contributed by atoms with E-state index in [0.717, 1.165) is 5.56 Å². The largest absolute Gasteiger partial charge is 0.478 e. The zero-order valence-electron chi connectivity index (χ0n) is 12.1. The molecule has 112 valence electrons. The monoisotopic (exact) mass is 303 g/mol. The van der Waals surface area contributed by atoms with Gasteiger partial charge in [-0.05, 0) is 29.8 Å². The molecule has 3 aromatic rings. The summed E-state index contributed by atoms with van der Waals surface area (Å²) in [4.78, 5) is 23.9. The van der Waals surface area contributed by atoms with E-state index < -0.39 is 5.97 Å². The fourth-order valence-electron chi connectivity index (χ4n) is 2.08. The number of hydrogen-bond acceptors (Lipinski definition) is 4. The normalized spacial score (nSPS) is 10.8. The van der Waals surface area contributed by atoms with Gasteiger partial charge in [-0.1, -0.05) is 36.4 Å². The van der Waals surface area contributed by atoms with Crippen LogP contribution in [0, 0.1) is 0 Å². The Morgan fingerprint density at radius 2 is 1.74 bits per heavy atom. The van der Waals surface area contributed by atoms with Crippen LogP contribution in [-0.4, -0.2) is 26.0 Å². The quantitative estimate of drug-likeness (QED) is 0.799. The van der Waals surface area contributed by atoms with Crippen molar-refractivity contribution in [2.75, 3.05) is 0 Å². The Hall–Kier alpha value is -3.34. The van der Waals surface area contributed by atoms with Crippen molar-refractivity contribution >= 4 is 18.1 Å². The topological polar surface area (TPSA) is 76.0 Å². The second-order valence-corrected chi connectivity index (χ2v) is 4.75. The van der Waals surface area contributed by atoms with Crippen LogP contribution in [0.15, 0.2) is 60.9 Å². The van der Waals surface area contributed by atoms with Gasteiger partial charge in [-0.2, -0.15) is 0 Å². The molecule has 0 aliphatic carbocycles. The fraction of sp³-hybridized carbons (Fsp3) is 0. The molecule has 0 spiro atoms. The Balaban J connectivity index is 1.95. The molecule has 0 aliphatic heterocycles. The van der Waals surface area contributed by atoms with Gasteiger partial charge < -0.3 is 5.11 Å². The number of carboxylic acids is 1. The Kier molecular flexibility index (Phi) is 4.20. The van der Waals surface area contributed by atoms with Crippen molar-refractivity contribution in [3.63, 3.8) is 0 Å². The van der Waals surface area contributed by atoms with E-state index >= 15 is 0 Å². The first kappa shape index (κ1) is 14.6. The first-order valence-corrected chi connectivity index (χ1v) is 6.99. The van der Waals surface area contributed by atoms with Crippen LogP contribution in [-0.2, 0) is 0 Å². The average molecular weight is 303 g/mol. The van der Waals surface area contributed by atoms with Gasteiger partial charge in [0.2, 0.25) is 0 Å². The van der Waals surface area contributed by atoms with Crippen LogP contribution >= 0.6 is 0 Å². The number of hydrogen-bond donors (Lipinski definition) is 1. The summed E-state index contributed by atoms with van der Waals surface area (Å²) in [6.45, 7) is 0. The predicted molar refractivity (Wildman–Crippen MR) is 87.6 cm³/mol. The van der Waals surface area contributed by atoms with Gasteiger partial charge in [0.15, 0.2) is 5.82 Å². The van der Waals surface area contributed by atoms with Gasteiger partial charge in [-0.25, -0.2) is 14.8 Å². The molecule has 5 nitrogen and oxygen atoms in total. The van der Waals surface area contributed by atoms with E-state index in [1.54, 1.807) is 18.3 Å². The van der Waals surface area contributed by atoms with Crippen LogP contribution in [0.1, 0.15) is 21.6 Å². The third kappa shape index (κ3) is 3.47. The van der Waals surface area contributed by atoms with Crippen molar-refractivity contribution in [2.24, 2.45) is 0 Å². The van der Waals surface area contributed by atoms with Crippen LogP contribution < -0.4 is 0 Å². The number of aromatic carboxylic acids is 1. The van der Waals surface area contributed by atoms with Crippen LogP contribution in [0.2, 0.25) is 0 Å². The summed E-state index contributed by atoms with van der Waals surface area (Å²) >= 11 is 0. The Bertz CT molecular complexity index is 861. The number of nitrogens with zero attached hydrogens (tertiary/aromatic N) is 3. The second kappa shape index (κ2) is 6.62. The van der Waals surface area contributed by atoms with Gasteiger partial charge in [0, 0.05) is 12.4 Å². The Labute approximate surface area is 133 Å².